The van der Waals surface area contributed by atoms with Gasteiger partial charge in [0.25, 0.3) is 0 Å². The lowest BCUT2D eigenvalue weighted by Gasteiger charge is -2.19. The summed E-state index contributed by atoms with van der Waals surface area (Å²) in [5, 5.41) is 12.4. The highest BCUT2D eigenvalue weighted by atomic mass is 19.4. The van der Waals surface area contributed by atoms with Crippen LogP contribution in [-0.2, 0) is 0 Å². The van der Waals surface area contributed by atoms with Crippen LogP contribution in [0, 0.1) is 13.8 Å². The molecule has 0 fully saturated rings. The lowest BCUT2D eigenvalue weighted by molar-refractivity contribution is -0.139. The van der Waals surface area contributed by atoms with Crippen molar-refractivity contribution < 1.29 is 23.0 Å². The summed E-state index contributed by atoms with van der Waals surface area (Å²) in [4.78, 5) is 0. The number of alkyl halides is 3. The topological polar surface area (TPSA) is 41.5 Å². The molecule has 0 aliphatic carbocycles. The van der Waals surface area contributed by atoms with Gasteiger partial charge in [-0.1, -0.05) is 6.07 Å². The molecule has 21 heavy (non-hydrogen) atoms. The fourth-order valence-electron chi connectivity index (χ4n) is 2.02. The molecule has 1 aromatic rings. The zero-order valence-electron chi connectivity index (χ0n) is 12.5. The van der Waals surface area contributed by atoms with Crippen LogP contribution >= 0.6 is 0 Å². The van der Waals surface area contributed by atoms with Gasteiger partial charge in [-0.05, 0) is 44.0 Å². The number of halogens is 3. The first-order valence-corrected chi connectivity index (χ1v) is 6.85. The lowest BCUT2D eigenvalue weighted by Crippen LogP contribution is -2.38. The third-order valence-electron chi connectivity index (χ3n) is 2.88. The first kappa shape index (κ1) is 17.8. The van der Waals surface area contributed by atoms with Crippen LogP contribution in [0.5, 0.6) is 5.75 Å². The molecule has 0 saturated heterocycles. The van der Waals surface area contributed by atoms with Crippen molar-refractivity contribution in [3.05, 3.63) is 29.3 Å². The Bertz CT molecular complexity index is 429. The molecule has 0 bridgehead atoms. The molecule has 0 aliphatic rings. The molecule has 2 atom stereocenters. The third kappa shape index (κ3) is 7.92. The minimum absolute atomic E-state index is 0.0363. The van der Waals surface area contributed by atoms with E-state index in [4.69, 9.17) is 4.74 Å². The molecule has 0 amide bonds. The van der Waals surface area contributed by atoms with Crippen molar-refractivity contribution in [2.45, 2.75) is 45.5 Å². The van der Waals surface area contributed by atoms with Gasteiger partial charge in [0.15, 0.2) is 0 Å². The van der Waals surface area contributed by atoms with Crippen LogP contribution in [-0.4, -0.2) is 36.6 Å². The smallest absolute Gasteiger partial charge is 0.390 e. The van der Waals surface area contributed by atoms with Gasteiger partial charge in [-0.3, -0.25) is 0 Å². The summed E-state index contributed by atoms with van der Waals surface area (Å²) in [6.07, 6.45) is -5.98. The number of hydrogen-bond acceptors (Lipinski definition) is 3. The number of hydrogen-bond donors (Lipinski definition) is 2. The molecular weight excluding hydrogens is 283 g/mol. The maximum atomic E-state index is 12.1. The Morgan fingerprint density at radius 2 is 1.76 bits per heavy atom. The lowest BCUT2D eigenvalue weighted by atomic mass is 10.1. The number of aryl methyl sites for hydroxylation is 2. The zero-order valence-corrected chi connectivity index (χ0v) is 12.5. The highest BCUT2D eigenvalue weighted by Crippen LogP contribution is 2.21. The van der Waals surface area contributed by atoms with Crippen molar-refractivity contribution in [2.75, 3.05) is 13.2 Å². The van der Waals surface area contributed by atoms with Crippen LogP contribution in [0.15, 0.2) is 18.2 Å². The average Bonchev–Trinajstić information content (AvgIpc) is 2.30. The van der Waals surface area contributed by atoms with E-state index < -0.39 is 24.7 Å². The van der Waals surface area contributed by atoms with Crippen LogP contribution in [0.2, 0.25) is 0 Å². The standard InChI is InChI=1S/C15H22F3NO2/c1-10-4-11(2)6-14(5-10)21-9-13(20)8-19-12(3)7-15(16,17)18/h4-6,12-13,19-20H,7-9H2,1-3H3. The quantitative estimate of drug-likeness (QED) is 0.814. The van der Waals surface area contributed by atoms with Gasteiger partial charge in [0.05, 0.1) is 6.42 Å². The van der Waals surface area contributed by atoms with E-state index in [9.17, 15) is 18.3 Å². The van der Waals surface area contributed by atoms with Crippen molar-refractivity contribution in [1.29, 1.82) is 0 Å². The first-order valence-electron chi connectivity index (χ1n) is 6.85. The molecule has 1 aromatic carbocycles. The normalized spacial score (nSPS) is 14.8. The number of benzene rings is 1. The number of ether oxygens (including phenoxy) is 1. The van der Waals surface area contributed by atoms with Crippen molar-refractivity contribution in [1.82, 2.24) is 5.32 Å². The minimum Gasteiger partial charge on any atom is -0.491 e. The molecule has 0 aliphatic heterocycles. The van der Waals surface area contributed by atoms with E-state index in [0.717, 1.165) is 11.1 Å². The van der Waals surface area contributed by atoms with Gasteiger partial charge in [0.2, 0.25) is 0 Å². The zero-order chi connectivity index (χ0) is 16.0. The van der Waals surface area contributed by atoms with Crippen molar-refractivity contribution in [3.8, 4) is 5.75 Å². The van der Waals surface area contributed by atoms with Gasteiger partial charge in [0, 0.05) is 12.6 Å². The van der Waals surface area contributed by atoms with Crippen LogP contribution in [0.1, 0.15) is 24.5 Å². The highest BCUT2D eigenvalue weighted by Gasteiger charge is 2.29. The molecular formula is C15H22F3NO2. The molecule has 2 N–H and O–H groups in total. The first-order chi connectivity index (χ1) is 9.65. The molecule has 0 spiro atoms. The van der Waals surface area contributed by atoms with Gasteiger partial charge in [-0.15, -0.1) is 0 Å². The van der Waals surface area contributed by atoms with Gasteiger partial charge in [-0.25, -0.2) is 0 Å². The second-order valence-electron chi connectivity index (χ2n) is 5.42. The van der Waals surface area contributed by atoms with E-state index >= 15 is 0 Å². The van der Waals surface area contributed by atoms with E-state index in [0.29, 0.717) is 5.75 Å². The number of aliphatic hydroxyl groups excluding tert-OH is 1. The Morgan fingerprint density at radius 3 is 2.29 bits per heavy atom. The molecule has 1 rings (SSSR count). The summed E-state index contributed by atoms with van der Waals surface area (Å²) in [6.45, 7) is 5.41. The summed E-state index contributed by atoms with van der Waals surface area (Å²) in [7, 11) is 0. The number of nitrogens with one attached hydrogen (secondary N) is 1. The van der Waals surface area contributed by atoms with Crippen molar-refractivity contribution in [2.24, 2.45) is 0 Å². The SMILES string of the molecule is Cc1cc(C)cc(OCC(O)CNC(C)CC(F)(F)F)c1. The molecule has 120 valence electrons. The number of rotatable bonds is 7. The van der Waals surface area contributed by atoms with E-state index in [1.54, 1.807) is 0 Å². The molecule has 0 aromatic heterocycles. The number of aliphatic hydroxyl groups is 1. The molecule has 0 radical (unpaired) electrons. The Kier molecular flexibility index (Phi) is 6.48. The summed E-state index contributed by atoms with van der Waals surface area (Å²) in [5.74, 6) is 0.648. The largest absolute Gasteiger partial charge is 0.491 e. The van der Waals surface area contributed by atoms with Gasteiger partial charge in [-0.2, -0.15) is 13.2 Å². The van der Waals surface area contributed by atoms with Crippen LogP contribution in [0.4, 0.5) is 13.2 Å². The Morgan fingerprint density at radius 1 is 1.19 bits per heavy atom. The predicted octanol–water partition coefficient (Wildman–Crippen LogP) is 2.97. The summed E-state index contributed by atoms with van der Waals surface area (Å²) >= 11 is 0. The summed E-state index contributed by atoms with van der Waals surface area (Å²) < 4.78 is 41.9. The van der Waals surface area contributed by atoms with Crippen LogP contribution in [0.3, 0.4) is 0 Å². The third-order valence-corrected chi connectivity index (χ3v) is 2.88. The van der Waals surface area contributed by atoms with E-state index in [1.807, 2.05) is 32.0 Å². The van der Waals surface area contributed by atoms with Gasteiger partial charge in [0.1, 0.15) is 18.5 Å². The maximum absolute atomic E-state index is 12.1. The van der Waals surface area contributed by atoms with Crippen LogP contribution < -0.4 is 10.1 Å². The van der Waals surface area contributed by atoms with Gasteiger partial charge >= 0.3 is 6.18 Å². The molecule has 0 heterocycles. The predicted molar refractivity (Wildman–Crippen MR) is 75.6 cm³/mol. The van der Waals surface area contributed by atoms with Gasteiger partial charge < -0.3 is 15.2 Å². The van der Waals surface area contributed by atoms with E-state index in [-0.39, 0.29) is 13.2 Å². The second-order valence-corrected chi connectivity index (χ2v) is 5.42. The molecule has 6 heteroatoms. The summed E-state index contributed by atoms with van der Waals surface area (Å²) in [5.41, 5.74) is 2.10. The monoisotopic (exact) mass is 305 g/mol. The van der Waals surface area contributed by atoms with Crippen LogP contribution in [0.25, 0.3) is 0 Å². The fourth-order valence-corrected chi connectivity index (χ4v) is 2.02. The molecule has 2 unspecified atom stereocenters. The van der Waals surface area contributed by atoms with Crippen molar-refractivity contribution >= 4 is 0 Å². The second kappa shape index (κ2) is 7.66. The van der Waals surface area contributed by atoms with E-state index in [1.165, 1.54) is 6.92 Å². The Balaban J connectivity index is 2.32. The maximum Gasteiger partial charge on any atom is 0.390 e. The van der Waals surface area contributed by atoms with Crippen molar-refractivity contribution in [3.63, 3.8) is 0 Å². The average molecular weight is 305 g/mol. The molecule has 3 nitrogen and oxygen atoms in total. The summed E-state index contributed by atoms with van der Waals surface area (Å²) in [6, 6.07) is 4.96. The van der Waals surface area contributed by atoms with E-state index in [2.05, 4.69) is 5.32 Å². The Hall–Kier alpha value is -1.27. The fraction of sp³-hybridized carbons (Fsp3) is 0.600. The Labute approximate surface area is 123 Å². The minimum atomic E-state index is -4.20. The highest BCUT2D eigenvalue weighted by molar-refractivity contribution is 5.32. The molecule has 0 saturated carbocycles.